The molecule has 0 saturated carbocycles. The number of ether oxygens (including phenoxy) is 1. The molecule has 0 radical (unpaired) electrons. The van der Waals surface area contributed by atoms with Gasteiger partial charge in [-0.05, 0) is 96.6 Å². The van der Waals surface area contributed by atoms with Gasteiger partial charge in [0.05, 0.1) is 23.7 Å². The summed E-state index contributed by atoms with van der Waals surface area (Å²) in [6.45, 7) is 11.8. The number of para-hydroxylation sites is 1. The first-order valence-corrected chi connectivity index (χ1v) is 14.5. The third-order valence-electron chi connectivity index (χ3n) is 7.71. The van der Waals surface area contributed by atoms with Gasteiger partial charge in [-0.1, -0.05) is 51.1 Å². The van der Waals surface area contributed by atoms with Gasteiger partial charge in [-0.25, -0.2) is 4.98 Å². The van der Waals surface area contributed by atoms with Gasteiger partial charge in [-0.2, -0.15) is 0 Å². The van der Waals surface area contributed by atoms with Crippen molar-refractivity contribution in [3.8, 4) is 11.5 Å². The summed E-state index contributed by atoms with van der Waals surface area (Å²) < 4.78 is 6.65. The number of benzene rings is 4. The largest absolute Gasteiger partial charge is 0.457 e. The van der Waals surface area contributed by atoms with Crippen LogP contribution in [0.2, 0.25) is 0 Å². The maximum absolute atomic E-state index is 6.65. The molecule has 0 spiro atoms. The van der Waals surface area contributed by atoms with Gasteiger partial charge in [0.25, 0.3) is 0 Å². The molecule has 6 rings (SSSR count). The van der Waals surface area contributed by atoms with E-state index in [1.165, 1.54) is 22.5 Å². The van der Waals surface area contributed by atoms with Crippen molar-refractivity contribution in [2.45, 2.75) is 40.0 Å². The fraction of sp³-hybridized carbons (Fsp3) is 0.216. The maximum atomic E-state index is 6.65. The number of rotatable bonds is 6. The summed E-state index contributed by atoms with van der Waals surface area (Å²) in [4.78, 5) is 11.5. The average Bonchev–Trinajstić information content (AvgIpc) is 3.29. The van der Waals surface area contributed by atoms with Crippen LogP contribution in [0.3, 0.4) is 0 Å². The Kier molecular flexibility index (Phi) is 7.11. The van der Waals surface area contributed by atoms with Gasteiger partial charge in [0.15, 0.2) is 0 Å². The third-order valence-corrected chi connectivity index (χ3v) is 7.71. The molecule has 1 aromatic heterocycles. The van der Waals surface area contributed by atoms with Crippen LogP contribution in [-0.2, 0) is 5.41 Å². The van der Waals surface area contributed by atoms with E-state index in [-0.39, 0.29) is 5.41 Å². The van der Waals surface area contributed by atoms with Crippen LogP contribution in [-0.4, -0.2) is 18.7 Å². The first-order valence-electron chi connectivity index (χ1n) is 14.5. The zero-order valence-electron chi connectivity index (χ0n) is 25.3. The molecule has 0 N–H and O–H groups in total. The lowest BCUT2D eigenvalue weighted by Gasteiger charge is -2.26. The van der Waals surface area contributed by atoms with E-state index in [0.717, 1.165) is 46.6 Å². The van der Waals surface area contributed by atoms with Gasteiger partial charge >= 0.3 is 0 Å². The van der Waals surface area contributed by atoms with Crippen molar-refractivity contribution in [2.24, 2.45) is 0 Å². The Hall–Kier alpha value is -4.77. The molecule has 1 aliphatic heterocycles. The predicted molar refractivity (Wildman–Crippen MR) is 175 cm³/mol. The van der Waals surface area contributed by atoms with Crippen LogP contribution in [0.25, 0.3) is 0 Å². The normalized spacial score (nSPS) is 12.8. The van der Waals surface area contributed by atoms with E-state index < -0.39 is 0 Å². The number of anilines is 6. The highest BCUT2D eigenvalue weighted by molar-refractivity contribution is 5.83. The molecule has 0 aliphatic carbocycles. The second-order valence-corrected chi connectivity index (χ2v) is 12.2. The van der Waals surface area contributed by atoms with E-state index in [9.17, 15) is 0 Å². The van der Waals surface area contributed by atoms with Gasteiger partial charge in [-0.3, -0.25) is 4.90 Å². The molecule has 0 saturated heterocycles. The Morgan fingerprint density at radius 3 is 2.24 bits per heavy atom. The minimum atomic E-state index is -0.0430. The predicted octanol–water partition coefficient (Wildman–Crippen LogP) is 9.80. The van der Waals surface area contributed by atoms with Gasteiger partial charge in [0.2, 0.25) is 0 Å². The Labute approximate surface area is 249 Å². The van der Waals surface area contributed by atoms with E-state index >= 15 is 0 Å². The molecule has 0 fully saturated rings. The monoisotopic (exact) mass is 554 g/mol. The molecule has 2 heterocycles. The lowest BCUT2D eigenvalue weighted by Crippen LogP contribution is -2.24. The number of fused-ring (bicyclic) bond motifs is 1. The van der Waals surface area contributed by atoms with Crippen molar-refractivity contribution >= 4 is 34.3 Å². The SMILES string of the molecule is Cc1ccnc(N(c2ccccc2)c2cccc(Oc3cc(N4CN(C)c5cc(C)ccc54)cc(C(C)(C)C)c3)c2)c1. The summed E-state index contributed by atoms with van der Waals surface area (Å²) in [5.41, 5.74) is 9.21. The fourth-order valence-electron chi connectivity index (χ4n) is 5.44. The quantitative estimate of drug-likeness (QED) is 0.209. The molecule has 1 aliphatic rings. The minimum absolute atomic E-state index is 0.0430. The van der Waals surface area contributed by atoms with Gasteiger partial charge in [0.1, 0.15) is 17.3 Å². The molecule has 0 bridgehead atoms. The zero-order chi connectivity index (χ0) is 29.4. The standard InChI is InChI=1S/C37H38N4O/c1-26-15-16-34-35(19-26)39(6)25-40(34)31-21-28(37(3,4)5)22-33(24-31)42-32-14-10-13-30(23-32)41(29-11-8-7-9-12-29)36-20-27(2)17-18-38-36/h7-24H,25H2,1-6H3. The first-order chi connectivity index (χ1) is 20.2. The second-order valence-electron chi connectivity index (χ2n) is 12.2. The second kappa shape index (κ2) is 10.9. The summed E-state index contributed by atoms with van der Waals surface area (Å²) in [6.07, 6.45) is 1.86. The lowest BCUT2D eigenvalue weighted by molar-refractivity contribution is 0.479. The van der Waals surface area contributed by atoms with Crippen LogP contribution in [0.1, 0.15) is 37.5 Å². The molecule has 5 nitrogen and oxygen atoms in total. The van der Waals surface area contributed by atoms with Gasteiger partial charge in [-0.15, -0.1) is 0 Å². The van der Waals surface area contributed by atoms with Crippen molar-refractivity contribution < 1.29 is 4.74 Å². The lowest BCUT2D eigenvalue weighted by atomic mass is 9.86. The molecule has 0 amide bonds. The van der Waals surface area contributed by atoms with Crippen LogP contribution in [0.4, 0.5) is 34.3 Å². The van der Waals surface area contributed by atoms with Crippen molar-refractivity contribution in [1.29, 1.82) is 0 Å². The van der Waals surface area contributed by atoms with E-state index in [4.69, 9.17) is 9.72 Å². The van der Waals surface area contributed by atoms with Crippen molar-refractivity contribution in [3.05, 3.63) is 126 Å². The van der Waals surface area contributed by atoms with E-state index in [1.807, 2.05) is 42.6 Å². The van der Waals surface area contributed by atoms with Crippen LogP contribution in [0.15, 0.2) is 109 Å². The highest BCUT2D eigenvalue weighted by Gasteiger charge is 2.27. The van der Waals surface area contributed by atoms with Crippen molar-refractivity contribution in [3.63, 3.8) is 0 Å². The summed E-state index contributed by atoms with van der Waals surface area (Å²) in [5.74, 6) is 2.45. The fourth-order valence-corrected chi connectivity index (χ4v) is 5.44. The van der Waals surface area contributed by atoms with Crippen molar-refractivity contribution in [2.75, 3.05) is 28.4 Å². The Morgan fingerprint density at radius 1 is 0.714 bits per heavy atom. The van der Waals surface area contributed by atoms with E-state index in [0.29, 0.717) is 0 Å². The number of aromatic nitrogens is 1. The molecule has 4 aromatic carbocycles. The smallest absolute Gasteiger partial charge is 0.137 e. The summed E-state index contributed by atoms with van der Waals surface area (Å²) in [7, 11) is 2.15. The Balaban J connectivity index is 1.39. The van der Waals surface area contributed by atoms with Crippen LogP contribution in [0.5, 0.6) is 11.5 Å². The van der Waals surface area contributed by atoms with Crippen molar-refractivity contribution in [1.82, 2.24) is 4.98 Å². The third kappa shape index (κ3) is 5.55. The number of aryl methyl sites for hydroxylation is 2. The minimum Gasteiger partial charge on any atom is -0.457 e. The average molecular weight is 555 g/mol. The molecular formula is C37H38N4O. The highest BCUT2D eigenvalue weighted by Crippen LogP contribution is 2.43. The van der Waals surface area contributed by atoms with Crippen LogP contribution < -0.4 is 19.4 Å². The highest BCUT2D eigenvalue weighted by atomic mass is 16.5. The molecule has 42 heavy (non-hydrogen) atoms. The Bertz CT molecular complexity index is 1720. The summed E-state index contributed by atoms with van der Waals surface area (Å²) in [6, 6.07) is 36.0. The molecule has 0 atom stereocenters. The molecule has 5 aromatic rings. The van der Waals surface area contributed by atoms with E-state index in [2.05, 4.69) is 123 Å². The van der Waals surface area contributed by atoms with Gasteiger partial charge in [0, 0.05) is 36.8 Å². The topological polar surface area (TPSA) is 31.8 Å². The molecule has 0 unspecified atom stereocenters. The number of hydrogen-bond donors (Lipinski definition) is 0. The maximum Gasteiger partial charge on any atom is 0.137 e. The molecular weight excluding hydrogens is 516 g/mol. The van der Waals surface area contributed by atoms with E-state index in [1.54, 1.807) is 0 Å². The summed E-state index contributed by atoms with van der Waals surface area (Å²) in [5, 5.41) is 0. The van der Waals surface area contributed by atoms with Crippen LogP contribution in [0, 0.1) is 13.8 Å². The molecule has 212 valence electrons. The Morgan fingerprint density at radius 2 is 1.48 bits per heavy atom. The summed E-state index contributed by atoms with van der Waals surface area (Å²) >= 11 is 0. The first kappa shape index (κ1) is 27.4. The van der Waals surface area contributed by atoms with Crippen LogP contribution >= 0.6 is 0 Å². The van der Waals surface area contributed by atoms with Gasteiger partial charge < -0.3 is 14.5 Å². The molecule has 5 heteroatoms. The number of pyridine rings is 1. The number of nitrogens with zero attached hydrogens (tertiary/aromatic N) is 4. The zero-order valence-corrected chi connectivity index (χ0v) is 25.3. The number of hydrogen-bond acceptors (Lipinski definition) is 5.